The molecule has 0 aliphatic heterocycles. The van der Waals surface area contributed by atoms with Gasteiger partial charge in [0.2, 0.25) is 0 Å². The van der Waals surface area contributed by atoms with Crippen molar-refractivity contribution < 1.29 is 0 Å². The molecular weight excluding hydrogens is 262 g/mol. The third-order valence-electron chi connectivity index (χ3n) is 4.29. The summed E-state index contributed by atoms with van der Waals surface area (Å²) in [5.41, 5.74) is 1.14. The van der Waals surface area contributed by atoms with Gasteiger partial charge in [-0.2, -0.15) is 5.10 Å². The molecule has 2 aromatic rings. The van der Waals surface area contributed by atoms with E-state index in [9.17, 15) is 0 Å². The van der Waals surface area contributed by atoms with Crippen LogP contribution in [0.15, 0.2) is 31.0 Å². The number of nitrogens with zero attached hydrogens (tertiary/aromatic N) is 4. The summed E-state index contributed by atoms with van der Waals surface area (Å²) in [6.07, 6.45) is 14.5. The monoisotopic (exact) mass is 287 g/mol. The number of hydrogen-bond donors (Lipinski definition) is 1. The van der Waals surface area contributed by atoms with Gasteiger partial charge >= 0.3 is 0 Å². The van der Waals surface area contributed by atoms with Crippen molar-refractivity contribution in [3.05, 3.63) is 36.7 Å². The highest BCUT2D eigenvalue weighted by atomic mass is 15.3. The lowest BCUT2D eigenvalue weighted by atomic mass is 9.96. The molecule has 2 heterocycles. The van der Waals surface area contributed by atoms with Crippen LogP contribution in [0.3, 0.4) is 0 Å². The minimum Gasteiger partial charge on any atom is -0.336 e. The predicted octanol–water partition coefficient (Wildman–Crippen LogP) is 2.76. The van der Waals surface area contributed by atoms with Gasteiger partial charge in [-0.1, -0.05) is 19.3 Å². The minimum atomic E-state index is 0.402. The van der Waals surface area contributed by atoms with Gasteiger partial charge in [0.05, 0.1) is 18.1 Å². The number of imidazole rings is 1. The number of nitrogens with one attached hydrogen (secondary N) is 1. The Morgan fingerprint density at radius 3 is 2.90 bits per heavy atom. The second-order valence-corrected chi connectivity index (χ2v) is 6.12. The first-order valence-corrected chi connectivity index (χ1v) is 8.04. The molecule has 1 aliphatic carbocycles. The van der Waals surface area contributed by atoms with E-state index in [0.717, 1.165) is 18.8 Å². The van der Waals surface area contributed by atoms with Crippen molar-refractivity contribution in [1.82, 2.24) is 24.6 Å². The summed E-state index contributed by atoms with van der Waals surface area (Å²) in [5, 5.41) is 8.27. The maximum absolute atomic E-state index is 4.74. The molecule has 0 saturated heterocycles. The topological polar surface area (TPSA) is 47.7 Å². The van der Waals surface area contributed by atoms with Crippen molar-refractivity contribution in [3.8, 4) is 0 Å². The predicted molar refractivity (Wildman–Crippen MR) is 82.9 cm³/mol. The lowest BCUT2D eigenvalue weighted by Gasteiger charge is -2.21. The number of hydrogen-bond acceptors (Lipinski definition) is 3. The number of rotatable bonds is 6. The Kier molecular flexibility index (Phi) is 4.70. The molecule has 3 rings (SSSR count). The zero-order valence-corrected chi connectivity index (χ0v) is 12.8. The SMILES string of the molecule is CC(Cn1ccnc1)NCc1ccn(C2CCCCC2)n1. The summed E-state index contributed by atoms with van der Waals surface area (Å²) in [6.45, 7) is 3.96. The first kappa shape index (κ1) is 14.3. The van der Waals surface area contributed by atoms with Gasteiger partial charge in [-0.25, -0.2) is 4.98 Å². The molecule has 1 unspecified atom stereocenters. The van der Waals surface area contributed by atoms with Crippen LogP contribution >= 0.6 is 0 Å². The first-order valence-electron chi connectivity index (χ1n) is 8.04. The van der Waals surface area contributed by atoms with Gasteiger partial charge in [-0.05, 0) is 25.8 Å². The van der Waals surface area contributed by atoms with E-state index in [2.05, 4.69) is 38.7 Å². The van der Waals surface area contributed by atoms with Gasteiger partial charge < -0.3 is 9.88 Å². The average Bonchev–Trinajstić information content (AvgIpc) is 3.17. The second kappa shape index (κ2) is 6.89. The van der Waals surface area contributed by atoms with Crippen LogP contribution in [0, 0.1) is 0 Å². The van der Waals surface area contributed by atoms with Gasteiger partial charge in [0, 0.05) is 37.7 Å². The van der Waals surface area contributed by atoms with E-state index in [1.54, 1.807) is 0 Å². The van der Waals surface area contributed by atoms with Crippen LogP contribution in [0.4, 0.5) is 0 Å². The lowest BCUT2D eigenvalue weighted by molar-refractivity contribution is 0.327. The molecule has 0 spiro atoms. The molecule has 0 radical (unpaired) electrons. The van der Waals surface area contributed by atoms with E-state index >= 15 is 0 Å². The molecule has 5 heteroatoms. The van der Waals surface area contributed by atoms with Crippen LogP contribution in [0.1, 0.15) is 50.8 Å². The fourth-order valence-corrected chi connectivity index (χ4v) is 3.07. The highest BCUT2D eigenvalue weighted by molar-refractivity contribution is 5.00. The van der Waals surface area contributed by atoms with Crippen LogP contribution < -0.4 is 5.32 Å². The molecule has 1 aliphatic rings. The maximum Gasteiger partial charge on any atom is 0.0946 e. The van der Waals surface area contributed by atoms with Gasteiger partial charge in [0.25, 0.3) is 0 Å². The van der Waals surface area contributed by atoms with Crippen molar-refractivity contribution in [2.24, 2.45) is 0 Å². The molecular formula is C16H25N5. The summed E-state index contributed by atoms with van der Waals surface area (Å²) >= 11 is 0. The van der Waals surface area contributed by atoms with E-state index in [1.807, 2.05) is 18.7 Å². The Hall–Kier alpha value is -1.62. The minimum absolute atomic E-state index is 0.402. The smallest absolute Gasteiger partial charge is 0.0946 e. The Labute approximate surface area is 126 Å². The van der Waals surface area contributed by atoms with Crippen LogP contribution in [0.25, 0.3) is 0 Å². The molecule has 5 nitrogen and oxygen atoms in total. The van der Waals surface area contributed by atoms with E-state index in [4.69, 9.17) is 5.10 Å². The van der Waals surface area contributed by atoms with Crippen molar-refractivity contribution in [2.75, 3.05) is 0 Å². The molecule has 0 bridgehead atoms. The molecule has 21 heavy (non-hydrogen) atoms. The highest BCUT2D eigenvalue weighted by Crippen LogP contribution is 2.27. The summed E-state index contributed by atoms with van der Waals surface area (Å²) in [7, 11) is 0. The van der Waals surface area contributed by atoms with E-state index in [-0.39, 0.29) is 0 Å². The fraction of sp³-hybridized carbons (Fsp3) is 0.625. The van der Waals surface area contributed by atoms with Gasteiger partial charge in [-0.3, -0.25) is 4.68 Å². The van der Waals surface area contributed by atoms with Gasteiger partial charge in [0.15, 0.2) is 0 Å². The van der Waals surface area contributed by atoms with E-state index in [1.165, 1.54) is 32.1 Å². The van der Waals surface area contributed by atoms with Gasteiger partial charge in [-0.15, -0.1) is 0 Å². The molecule has 1 atom stereocenters. The quantitative estimate of drug-likeness (QED) is 0.888. The normalized spacial score (nSPS) is 18.0. The van der Waals surface area contributed by atoms with Crippen molar-refractivity contribution in [3.63, 3.8) is 0 Å². The molecule has 2 aromatic heterocycles. The zero-order chi connectivity index (χ0) is 14.5. The molecule has 1 N–H and O–H groups in total. The largest absolute Gasteiger partial charge is 0.336 e. The van der Waals surface area contributed by atoms with Crippen LogP contribution in [0.2, 0.25) is 0 Å². The van der Waals surface area contributed by atoms with Crippen LogP contribution in [0.5, 0.6) is 0 Å². The summed E-state index contributed by atoms with van der Waals surface area (Å²) in [6, 6.07) is 3.17. The second-order valence-electron chi connectivity index (χ2n) is 6.12. The molecule has 1 fully saturated rings. The zero-order valence-electron chi connectivity index (χ0n) is 12.8. The standard InChI is InChI=1S/C16H25N5/c1-14(12-20-10-8-17-13-20)18-11-15-7-9-21(19-15)16-5-3-2-4-6-16/h7-10,13-14,16,18H,2-6,11-12H2,1H3. The van der Waals surface area contributed by atoms with Crippen molar-refractivity contribution in [1.29, 1.82) is 0 Å². The fourth-order valence-electron chi connectivity index (χ4n) is 3.07. The van der Waals surface area contributed by atoms with Gasteiger partial charge in [0.1, 0.15) is 0 Å². The van der Waals surface area contributed by atoms with E-state index < -0.39 is 0 Å². The van der Waals surface area contributed by atoms with Crippen molar-refractivity contribution in [2.45, 2.75) is 64.2 Å². The summed E-state index contributed by atoms with van der Waals surface area (Å²) < 4.78 is 4.27. The lowest BCUT2D eigenvalue weighted by Crippen LogP contribution is -2.29. The van der Waals surface area contributed by atoms with E-state index in [0.29, 0.717) is 12.1 Å². The van der Waals surface area contributed by atoms with Crippen LogP contribution in [-0.4, -0.2) is 25.4 Å². The number of aromatic nitrogens is 4. The molecule has 1 saturated carbocycles. The molecule has 114 valence electrons. The van der Waals surface area contributed by atoms with Crippen LogP contribution in [-0.2, 0) is 13.1 Å². The highest BCUT2D eigenvalue weighted by Gasteiger charge is 2.16. The Morgan fingerprint density at radius 2 is 2.14 bits per heavy atom. The average molecular weight is 287 g/mol. The Bertz CT molecular complexity index is 525. The van der Waals surface area contributed by atoms with Crippen molar-refractivity contribution >= 4 is 0 Å². The summed E-state index contributed by atoms with van der Waals surface area (Å²) in [4.78, 5) is 4.07. The summed E-state index contributed by atoms with van der Waals surface area (Å²) in [5.74, 6) is 0. The molecule has 0 aromatic carbocycles. The first-order chi connectivity index (χ1) is 10.3. The molecule has 0 amide bonds. The third kappa shape index (κ3) is 3.94. The Balaban J connectivity index is 1.48. The Morgan fingerprint density at radius 1 is 1.29 bits per heavy atom. The third-order valence-corrected chi connectivity index (χ3v) is 4.29. The maximum atomic E-state index is 4.74.